The fraction of sp³-hybridized carbons (Fsp3) is 0.111. The summed E-state index contributed by atoms with van der Waals surface area (Å²) in [6.45, 7) is 5.99. The molecular weight excluding hydrogens is 314 g/mol. The first kappa shape index (κ1) is 9.30. The van der Waals surface area contributed by atoms with Crippen LogP contribution in [0.1, 0.15) is 5.56 Å². The molecular formula is C9H9ISe. The van der Waals surface area contributed by atoms with E-state index in [0.717, 1.165) is 0 Å². The van der Waals surface area contributed by atoms with Gasteiger partial charge in [-0.3, -0.25) is 0 Å². The van der Waals surface area contributed by atoms with Crippen molar-refractivity contribution >= 4 is 42.0 Å². The summed E-state index contributed by atoms with van der Waals surface area (Å²) in [5.74, 6) is 0. The minimum absolute atomic E-state index is 0.453. The number of benzene rings is 1. The molecule has 0 spiro atoms. The molecule has 0 fully saturated rings. The van der Waals surface area contributed by atoms with Crippen molar-refractivity contribution in [3.8, 4) is 0 Å². The first-order valence-corrected chi connectivity index (χ1v) is 6.06. The Kier molecular flexibility index (Phi) is 3.63. The zero-order valence-corrected chi connectivity index (χ0v) is 10.2. The predicted octanol–water partition coefficient (Wildman–Crippen LogP) is 2.23. The van der Waals surface area contributed by atoms with E-state index in [1.54, 1.807) is 0 Å². The van der Waals surface area contributed by atoms with Gasteiger partial charge in [0.1, 0.15) is 0 Å². The average molecular weight is 323 g/mol. The Morgan fingerprint density at radius 2 is 1.91 bits per heavy atom. The molecule has 58 valence electrons. The van der Waals surface area contributed by atoms with Gasteiger partial charge in [0.05, 0.1) is 0 Å². The zero-order valence-electron chi connectivity index (χ0n) is 6.30. The molecule has 0 radical (unpaired) electrons. The number of aryl methyl sites for hydroxylation is 1. The minimum atomic E-state index is 0.453. The fourth-order valence-electron chi connectivity index (χ4n) is 0.734. The molecule has 0 heterocycles. The zero-order chi connectivity index (χ0) is 8.27. The standard InChI is InChI=1S/C9H9ISe/c1-7-3-5-9(6-4-7)11-8(2)10/h3-6H,2H2,1H3. The molecule has 0 aliphatic carbocycles. The quantitative estimate of drug-likeness (QED) is 0.578. The molecule has 2 heteroatoms. The summed E-state index contributed by atoms with van der Waals surface area (Å²) in [6, 6.07) is 8.66. The Balaban J connectivity index is 2.74. The maximum absolute atomic E-state index is 3.89. The van der Waals surface area contributed by atoms with Crippen LogP contribution in [-0.2, 0) is 0 Å². The van der Waals surface area contributed by atoms with Crippen LogP contribution in [0, 0.1) is 6.92 Å². The van der Waals surface area contributed by atoms with Crippen molar-refractivity contribution in [1.82, 2.24) is 0 Å². The number of rotatable bonds is 2. The SMILES string of the molecule is C=C(I)[Se]c1ccc(C)cc1. The van der Waals surface area contributed by atoms with Crippen LogP contribution in [-0.4, -0.2) is 15.0 Å². The Hall–Kier alpha value is 0.209. The van der Waals surface area contributed by atoms with Gasteiger partial charge in [-0.2, -0.15) is 0 Å². The summed E-state index contributed by atoms with van der Waals surface area (Å²) in [4.78, 5) is 0. The maximum atomic E-state index is 3.89. The summed E-state index contributed by atoms with van der Waals surface area (Å²) in [7, 11) is 0. The van der Waals surface area contributed by atoms with Crippen LogP contribution in [0.3, 0.4) is 0 Å². The molecule has 0 N–H and O–H groups in total. The topological polar surface area (TPSA) is 0 Å². The molecule has 1 aromatic rings. The van der Waals surface area contributed by atoms with Gasteiger partial charge in [-0.1, -0.05) is 0 Å². The molecule has 11 heavy (non-hydrogen) atoms. The summed E-state index contributed by atoms with van der Waals surface area (Å²) >= 11 is 2.74. The molecule has 0 saturated heterocycles. The van der Waals surface area contributed by atoms with Crippen LogP contribution >= 0.6 is 22.6 Å². The molecule has 0 unspecified atom stereocenters. The van der Waals surface area contributed by atoms with Crippen molar-refractivity contribution in [2.75, 3.05) is 0 Å². The van der Waals surface area contributed by atoms with Crippen molar-refractivity contribution in [3.05, 3.63) is 38.9 Å². The molecule has 1 aromatic carbocycles. The molecule has 0 saturated carbocycles. The Bertz CT molecular complexity index is 251. The number of halogens is 1. The summed E-state index contributed by atoms with van der Waals surface area (Å²) in [5.41, 5.74) is 1.32. The average Bonchev–Trinajstić information content (AvgIpc) is 1.93. The van der Waals surface area contributed by atoms with Gasteiger partial charge in [0.2, 0.25) is 0 Å². The number of hydrogen-bond acceptors (Lipinski definition) is 0. The van der Waals surface area contributed by atoms with E-state index in [0.29, 0.717) is 15.0 Å². The van der Waals surface area contributed by atoms with E-state index in [-0.39, 0.29) is 0 Å². The van der Waals surface area contributed by atoms with Gasteiger partial charge >= 0.3 is 87.8 Å². The van der Waals surface area contributed by atoms with Crippen LogP contribution < -0.4 is 4.46 Å². The predicted molar refractivity (Wildman–Crippen MR) is 59.7 cm³/mol. The third kappa shape index (κ3) is 3.41. The van der Waals surface area contributed by atoms with Gasteiger partial charge in [0, 0.05) is 0 Å². The molecule has 0 atom stereocenters. The summed E-state index contributed by atoms with van der Waals surface area (Å²) in [5, 5.41) is 0. The Labute approximate surface area is 87.4 Å². The number of hydrogen-bond donors (Lipinski definition) is 0. The van der Waals surface area contributed by atoms with Gasteiger partial charge in [0.15, 0.2) is 0 Å². The summed E-state index contributed by atoms with van der Waals surface area (Å²) < 4.78 is 2.65. The van der Waals surface area contributed by atoms with Crippen LogP contribution in [0.4, 0.5) is 0 Å². The molecule has 0 amide bonds. The van der Waals surface area contributed by atoms with E-state index in [4.69, 9.17) is 0 Å². The first-order valence-electron chi connectivity index (χ1n) is 3.27. The molecule has 0 aliphatic heterocycles. The van der Waals surface area contributed by atoms with Crippen LogP contribution in [0.25, 0.3) is 0 Å². The van der Waals surface area contributed by atoms with E-state index < -0.39 is 0 Å². The van der Waals surface area contributed by atoms with Crippen LogP contribution in [0.2, 0.25) is 0 Å². The second-order valence-electron chi connectivity index (χ2n) is 2.27. The second-order valence-corrected chi connectivity index (χ2v) is 7.67. The summed E-state index contributed by atoms with van der Waals surface area (Å²) in [6.07, 6.45) is 0. The normalized spacial score (nSPS) is 9.64. The van der Waals surface area contributed by atoms with Crippen molar-refractivity contribution in [2.24, 2.45) is 0 Å². The monoisotopic (exact) mass is 324 g/mol. The van der Waals surface area contributed by atoms with Gasteiger partial charge < -0.3 is 0 Å². The molecule has 0 aromatic heterocycles. The van der Waals surface area contributed by atoms with E-state index in [2.05, 4.69) is 60.4 Å². The third-order valence-electron chi connectivity index (χ3n) is 1.25. The van der Waals surface area contributed by atoms with Crippen molar-refractivity contribution in [3.63, 3.8) is 0 Å². The van der Waals surface area contributed by atoms with E-state index in [1.807, 2.05) is 0 Å². The van der Waals surface area contributed by atoms with Gasteiger partial charge in [-0.25, -0.2) is 0 Å². The van der Waals surface area contributed by atoms with Gasteiger partial charge in [0.25, 0.3) is 0 Å². The van der Waals surface area contributed by atoms with E-state index >= 15 is 0 Å². The van der Waals surface area contributed by atoms with Gasteiger partial charge in [-0.05, 0) is 0 Å². The second kappa shape index (κ2) is 4.29. The van der Waals surface area contributed by atoms with Crippen LogP contribution in [0.15, 0.2) is 33.3 Å². The van der Waals surface area contributed by atoms with Crippen LogP contribution in [0.5, 0.6) is 0 Å². The Morgan fingerprint density at radius 1 is 1.36 bits per heavy atom. The van der Waals surface area contributed by atoms with E-state index in [9.17, 15) is 0 Å². The van der Waals surface area contributed by atoms with Gasteiger partial charge in [-0.15, -0.1) is 0 Å². The van der Waals surface area contributed by atoms with Crippen molar-refractivity contribution in [1.29, 1.82) is 0 Å². The Morgan fingerprint density at radius 3 is 2.36 bits per heavy atom. The molecule has 0 aliphatic rings. The van der Waals surface area contributed by atoms with E-state index in [1.165, 1.54) is 12.5 Å². The molecule has 0 nitrogen and oxygen atoms in total. The third-order valence-corrected chi connectivity index (χ3v) is 3.92. The van der Waals surface area contributed by atoms with Crippen molar-refractivity contribution < 1.29 is 0 Å². The molecule has 0 bridgehead atoms. The first-order chi connectivity index (χ1) is 5.18. The fourth-order valence-corrected chi connectivity index (χ4v) is 3.16. The molecule has 1 rings (SSSR count). The van der Waals surface area contributed by atoms with Crippen molar-refractivity contribution in [2.45, 2.75) is 6.92 Å².